The summed E-state index contributed by atoms with van der Waals surface area (Å²) in [5.41, 5.74) is 1.19. The lowest BCUT2D eigenvalue weighted by Crippen LogP contribution is -2.15. The standard InChI is InChI=1S/C20H20N2O3/c1-3-24-15-10-12-16(13-11-15)25-19-9-5-4-7-17(19)21-20(23)18-8-6-14-22(18)2/h4-14H,3H2,1-2H3,(H,21,23). The SMILES string of the molecule is CCOc1ccc(Oc2ccccc2NC(=O)c2cccn2C)cc1. The number of hydrogen-bond acceptors (Lipinski definition) is 3. The highest BCUT2D eigenvalue weighted by Crippen LogP contribution is 2.30. The van der Waals surface area contributed by atoms with Crippen molar-refractivity contribution in [1.82, 2.24) is 4.57 Å². The van der Waals surface area contributed by atoms with Crippen LogP contribution in [0, 0.1) is 0 Å². The van der Waals surface area contributed by atoms with E-state index in [9.17, 15) is 4.79 Å². The number of aromatic nitrogens is 1. The Bertz CT molecular complexity index is 853. The van der Waals surface area contributed by atoms with Crippen LogP contribution in [0.2, 0.25) is 0 Å². The van der Waals surface area contributed by atoms with Gasteiger partial charge in [-0.2, -0.15) is 0 Å². The van der Waals surface area contributed by atoms with E-state index in [-0.39, 0.29) is 5.91 Å². The quantitative estimate of drug-likeness (QED) is 0.722. The molecule has 1 amide bonds. The first-order chi connectivity index (χ1) is 12.2. The van der Waals surface area contributed by atoms with Crippen molar-refractivity contribution in [2.45, 2.75) is 6.92 Å². The summed E-state index contributed by atoms with van der Waals surface area (Å²) in [5.74, 6) is 1.86. The molecule has 0 aliphatic carbocycles. The molecular formula is C20H20N2O3. The van der Waals surface area contributed by atoms with Crippen LogP contribution in [0.25, 0.3) is 0 Å². The number of carbonyl (C=O) groups is 1. The van der Waals surface area contributed by atoms with Gasteiger partial charge in [-0.15, -0.1) is 0 Å². The van der Waals surface area contributed by atoms with Crippen molar-refractivity contribution in [3.8, 4) is 17.2 Å². The van der Waals surface area contributed by atoms with Crippen molar-refractivity contribution < 1.29 is 14.3 Å². The highest BCUT2D eigenvalue weighted by molar-refractivity contribution is 6.04. The van der Waals surface area contributed by atoms with Crippen molar-refractivity contribution in [2.75, 3.05) is 11.9 Å². The Hall–Kier alpha value is -3.21. The summed E-state index contributed by atoms with van der Waals surface area (Å²) >= 11 is 0. The number of nitrogens with one attached hydrogen (secondary N) is 1. The minimum Gasteiger partial charge on any atom is -0.494 e. The Morgan fingerprint density at radius 3 is 2.40 bits per heavy atom. The predicted molar refractivity (Wildman–Crippen MR) is 97.5 cm³/mol. The van der Waals surface area contributed by atoms with Gasteiger partial charge >= 0.3 is 0 Å². The number of nitrogens with zero attached hydrogens (tertiary/aromatic N) is 1. The summed E-state index contributed by atoms with van der Waals surface area (Å²) in [6.45, 7) is 2.56. The fourth-order valence-corrected chi connectivity index (χ4v) is 2.44. The zero-order chi connectivity index (χ0) is 17.6. The Morgan fingerprint density at radius 1 is 1.00 bits per heavy atom. The van der Waals surface area contributed by atoms with Crippen LogP contribution in [0.3, 0.4) is 0 Å². The highest BCUT2D eigenvalue weighted by Gasteiger charge is 2.12. The van der Waals surface area contributed by atoms with Gasteiger partial charge in [0.25, 0.3) is 5.91 Å². The number of para-hydroxylation sites is 2. The summed E-state index contributed by atoms with van der Waals surface area (Å²) in [7, 11) is 1.83. The number of anilines is 1. The minimum atomic E-state index is -0.185. The molecule has 0 atom stereocenters. The lowest BCUT2D eigenvalue weighted by atomic mass is 10.2. The summed E-state index contributed by atoms with van der Waals surface area (Å²) in [6.07, 6.45) is 1.83. The predicted octanol–water partition coefficient (Wildman–Crippen LogP) is 4.47. The molecule has 0 fully saturated rings. The molecule has 0 radical (unpaired) electrons. The second-order valence-electron chi connectivity index (χ2n) is 5.46. The van der Waals surface area contributed by atoms with E-state index in [4.69, 9.17) is 9.47 Å². The number of carbonyl (C=O) groups excluding carboxylic acids is 1. The van der Waals surface area contributed by atoms with E-state index in [1.807, 2.05) is 74.8 Å². The van der Waals surface area contributed by atoms with E-state index in [1.165, 1.54) is 0 Å². The van der Waals surface area contributed by atoms with E-state index in [0.29, 0.717) is 29.5 Å². The Labute approximate surface area is 146 Å². The van der Waals surface area contributed by atoms with Crippen molar-refractivity contribution in [3.63, 3.8) is 0 Å². The summed E-state index contributed by atoms with van der Waals surface area (Å²) in [6, 6.07) is 18.3. The van der Waals surface area contributed by atoms with Crippen molar-refractivity contribution >= 4 is 11.6 Å². The van der Waals surface area contributed by atoms with Gasteiger partial charge in [-0.05, 0) is 55.5 Å². The van der Waals surface area contributed by atoms with E-state index in [2.05, 4.69) is 5.32 Å². The zero-order valence-electron chi connectivity index (χ0n) is 14.2. The van der Waals surface area contributed by atoms with Crippen LogP contribution in [-0.2, 0) is 7.05 Å². The number of aryl methyl sites for hydroxylation is 1. The van der Waals surface area contributed by atoms with Gasteiger partial charge in [0.1, 0.15) is 17.2 Å². The average Bonchev–Trinajstić information content (AvgIpc) is 3.05. The van der Waals surface area contributed by atoms with Gasteiger partial charge in [-0.25, -0.2) is 0 Å². The van der Waals surface area contributed by atoms with Crippen molar-refractivity contribution in [1.29, 1.82) is 0 Å². The molecule has 0 saturated heterocycles. The second-order valence-corrected chi connectivity index (χ2v) is 5.46. The Morgan fingerprint density at radius 2 is 1.72 bits per heavy atom. The highest BCUT2D eigenvalue weighted by atomic mass is 16.5. The molecule has 0 bridgehead atoms. The summed E-state index contributed by atoms with van der Waals surface area (Å²) in [5, 5.41) is 2.90. The molecule has 128 valence electrons. The molecule has 3 rings (SSSR count). The molecule has 0 unspecified atom stereocenters. The maximum Gasteiger partial charge on any atom is 0.272 e. The first-order valence-electron chi connectivity index (χ1n) is 8.10. The smallest absolute Gasteiger partial charge is 0.272 e. The first-order valence-corrected chi connectivity index (χ1v) is 8.10. The molecule has 25 heavy (non-hydrogen) atoms. The molecule has 3 aromatic rings. The van der Waals surface area contributed by atoms with Gasteiger partial charge in [-0.3, -0.25) is 4.79 Å². The van der Waals surface area contributed by atoms with Crippen molar-refractivity contribution in [2.24, 2.45) is 7.05 Å². The van der Waals surface area contributed by atoms with Crippen molar-refractivity contribution in [3.05, 3.63) is 72.6 Å². The topological polar surface area (TPSA) is 52.5 Å². The number of amides is 1. The molecule has 1 aromatic heterocycles. The van der Waals surface area contributed by atoms with Gasteiger partial charge in [0, 0.05) is 13.2 Å². The maximum atomic E-state index is 12.4. The molecule has 2 aromatic carbocycles. The third-order valence-electron chi connectivity index (χ3n) is 3.67. The maximum absolute atomic E-state index is 12.4. The summed E-state index contributed by atoms with van der Waals surface area (Å²) < 4.78 is 13.1. The fraction of sp³-hybridized carbons (Fsp3) is 0.150. The molecule has 0 spiro atoms. The van der Waals surface area contributed by atoms with E-state index in [1.54, 1.807) is 10.6 Å². The zero-order valence-corrected chi connectivity index (χ0v) is 14.2. The lowest BCUT2D eigenvalue weighted by Gasteiger charge is -2.13. The van der Waals surface area contributed by atoms with Crippen LogP contribution in [0.4, 0.5) is 5.69 Å². The molecule has 5 heteroatoms. The number of hydrogen-bond donors (Lipinski definition) is 1. The second kappa shape index (κ2) is 7.57. The van der Waals surface area contributed by atoms with Gasteiger partial charge in [0.15, 0.2) is 5.75 Å². The molecule has 0 saturated carbocycles. The summed E-state index contributed by atoms with van der Waals surface area (Å²) in [4.78, 5) is 12.4. The van der Waals surface area contributed by atoms with Crippen LogP contribution in [-0.4, -0.2) is 17.1 Å². The van der Waals surface area contributed by atoms with E-state index in [0.717, 1.165) is 5.75 Å². The van der Waals surface area contributed by atoms with Crippen LogP contribution < -0.4 is 14.8 Å². The molecule has 0 aliphatic heterocycles. The van der Waals surface area contributed by atoms with Gasteiger partial charge in [0.05, 0.1) is 12.3 Å². The third kappa shape index (κ3) is 4.01. The molecule has 1 N–H and O–H groups in total. The lowest BCUT2D eigenvalue weighted by molar-refractivity contribution is 0.101. The largest absolute Gasteiger partial charge is 0.494 e. The van der Waals surface area contributed by atoms with Gasteiger partial charge in [-0.1, -0.05) is 12.1 Å². The minimum absolute atomic E-state index is 0.185. The number of benzene rings is 2. The Kier molecular flexibility index (Phi) is 5.04. The fourth-order valence-electron chi connectivity index (χ4n) is 2.44. The monoisotopic (exact) mass is 336 g/mol. The van der Waals surface area contributed by atoms with E-state index >= 15 is 0 Å². The normalized spacial score (nSPS) is 10.3. The van der Waals surface area contributed by atoms with Crippen LogP contribution in [0.15, 0.2) is 66.9 Å². The van der Waals surface area contributed by atoms with Crippen LogP contribution in [0.1, 0.15) is 17.4 Å². The van der Waals surface area contributed by atoms with Gasteiger partial charge < -0.3 is 19.4 Å². The number of rotatable bonds is 6. The molecule has 1 heterocycles. The van der Waals surface area contributed by atoms with Gasteiger partial charge in [0.2, 0.25) is 0 Å². The first kappa shape index (κ1) is 16.6. The average molecular weight is 336 g/mol. The Balaban J connectivity index is 1.76. The molecule has 5 nitrogen and oxygen atoms in total. The third-order valence-corrected chi connectivity index (χ3v) is 3.67. The molecular weight excluding hydrogens is 316 g/mol. The van der Waals surface area contributed by atoms with Crippen LogP contribution in [0.5, 0.6) is 17.2 Å². The number of ether oxygens (including phenoxy) is 2. The van der Waals surface area contributed by atoms with Crippen LogP contribution >= 0.6 is 0 Å². The molecule has 0 aliphatic rings. The van der Waals surface area contributed by atoms with E-state index < -0.39 is 0 Å².